The second-order valence-corrected chi connectivity index (χ2v) is 13.8. The maximum atomic E-state index is 15.7. The summed E-state index contributed by atoms with van der Waals surface area (Å²) in [6.45, 7) is 9.03. The summed E-state index contributed by atoms with van der Waals surface area (Å²) in [4.78, 5) is 57.5. The number of nitrogens with one attached hydrogen (secondary N) is 3. The molecule has 11 nitrogen and oxygen atoms in total. The summed E-state index contributed by atoms with van der Waals surface area (Å²) in [6.07, 6.45) is 7.08. The van der Waals surface area contributed by atoms with Crippen LogP contribution in [0.3, 0.4) is 0 Å². The number of ketones is 1. The number of rotatable bonds is 12. The molecule has 3 atom stereocenters. The number of nitrogens with zero attached hydrogens (tertiary/aromatic N) is 4. The molecule has 1 aromatic carbocycles. The lowest BCUT2D eigenvalue weighted by Crippen LogP contribution is -2.57. The zero-order valence-corrected chi connectivity index (χ0v) is 28.1. The second-order valence-electron chi connectivity index (χ2n) is 13.8. The molecule has 1 saturated heterocycles. The van der Waals surface area contributed by atoms with Crippen LogP contribution in [-0.4, -0.2) is 88.5 Å². The van der Waals surface area contributed by atoms with Crippen LogP contribution >= 0.6 is 0 Å². The minimum Gasteiger partial charge on any atom is -0.338 e. The van der Waals surface area contributed by atoms with Gasteiger partial charge in [-0.1, -0.05) is 32.8 Å². The van der Waals surface area contributed by atoms with E-state index in [0.29, 0.717) is 36.8 Å². The summed E-state index contributed by atoms with van der Waals surface area (Å²) < 4.78 is 17.4. The van der Waals surface area contributed by atoms with Gasteiger partial charge in [-0.2, -0.15) is 5.10 Å². The molecule has 2 aliphatic carbocycles. The molecule has 2 heterocycles. The van der Waals surface area contributed by atoms with Gasteiger partial charge in [0.15, 0.2) is 5.78 Å². The fraction of sp³-hybridized carbons (Fsp3) is 0.629. The van der Waals surface area contributed by atoms with Crippen LogP contribution in [0.15, 0.2) is 30.5 Å². The fourth-order valence-corrected chi connectivity index (χ4v) is 6.84. The Morgan fingerprint density at radius 1 is 1.00 bits per heavy atom. The minimum atomic E-state index is -0.891. The molecule has 3 aliphatic rings. The fourth-order valence-electron chi connectivity index (χ4n) is 6.84. The molecule has 2 saturated carbocycles. The maximum Gasteiger partial charge on any atom is 0.315 e. The molecule has 1 aliphatic heterocycles. The van der Waals surface area contributed by atoms with E-state index in [1.165, 1.54) is 12.1 Å². The van der Waals surface area contributed by atoms with Crippen LogP contribution < -0.4 is 16.0 Å². The monoisotopic (exact) mass is 651 g/mol. The van der Waals surface area contributed by atoms with E-state index in [2.05, 4.69) is 32.9 Å². The van der Waals surface area contributed by atoms with E-state index in [4.69, 9.17) is 0 Å². The van der Waals surface area contributed by atoms with Gasteiger partial charge in [-0.25, -0.2) is 9.18 Å². The summed E-state index contributed by atoms with van der Waals surface area (Å²) >= 11 is 0. The smallest absolute Gasteiger partial charge is 0.315 e. The number of hydrogen-bond donors (Lipinski definition) is 3. The molecule has 1 aromatic heterocycles. The van der Waals surface area contributed by atoms with Crippen LogP contribution in [0.25, 0.3) is 0 Å². The third-order valence-corrected chi connectivity index (χ3v) is 10.2. The van der Waals surface area contributed by atoms with Crippen LogP contribution in [0.2, 0.25) is 0 Å². The number of anilines is 1. The number of urea groups is 1. The van der Waals surface area contributed by atoms with E-state index in [1.54, 1.807) is 34.8 Å². The summed E-state index contributed by atoms with van der Waals surface area (Å²) in [5, 5.41) is 12.7. The Morgan fingerprint density at radius 3 is 2.34 bits per heavy atom. The van der Waals surface area contributed by atoms with Gasteiger partial charge in [0.25, 0.3) is 0 Å². The van der Waals surface area contributed by atoms with Gasteiger partial charge in [-0.3, -0.25) is 19.1 Å². The Kier molecular flexibility index (Phi) is 11.3. The number of likely N-dealkylation sites (N-methyl/N-ethyl adjacent to an activating group) is 1. The molecular weight excluding hydrogens is 601 g/mol. The standard InChI is InChI=1S/C35H50FN7O4/c1-5-43-30(14-15-37-43)31(44)21-27(24-8-6-22(2)7-9-24)33(45)39-29-13-10-25(20-28(29)36)23(3)32(40-35(47)38-26-11-12-26)34(46)42-18-16-41(4)17-19-42/h10,13-15,20,22-24,26-27,32H,5-9,11-12,16-19,21H2,1-4H3,(H,39,45)(H2,38,40,47)/t22?,23-,24?,27-,32+/m0/s1. The average Bonchev–Trinajstić information content (AvgIpc) is 3.74. The molecule has 47 heavy (non-hydrogen) atoms. The van der Waals surface area contributed by atoms with Crippen LogP contribution in [0.4, 0.5) is 14.9 Å². The van der Waals surface area contributed by atoms with Gasteiger partial charge in [0.2, 0.25) is 11.8 Å². The SMILES string of the molecule is CCn1nccc1C(=O)C[C@H](C(=O)Nc1ccc([C@H](C)[C@@H](NC(=O)NC2CC2)C(=O)N2CCN(C)CC2)cc1F)C1CCC(C)CC1. The van der Waals surface area contributed by atoms with Crippen molar-refractivity contribution in [3.63, 3.8) is 0 Å². The van der Waals surface area contributed by atoms with Gasteiger partial charge >= 0.3 is 6.03 Å². The Bertz CT molecular complexity index is 1430. The van der Waals surface area contributed by atoms with Crippen molar-refractivity contribution in [3.8, 4) is 0 Å². The average molecular weight is 652 g/mol. The first-order valence-corrected chi connectivity index (χ1v) is 17.2. The molecular formula is C35H50FN7O4. The van der Waals surface area contributed by atoms with Gasteiger partial charge in [0.1, 0.15) is 17.6 Å². The highest BCUT2D eigenvalue weighted by atomic mass is 19.1. The highest BCUT2D eigenvalue weighted by Crippen LogP contribution is 2.36. The number of aryl methyl sites for hydroxylation is 1. The number of amides is 4. The molecule has 2 aromatic rings. The topological polar surface area (TPSA) is 129 Å². The number of aromatic nitrogens is 2. The highest BCUT2D eigenvalue weighted by Gasteiger charge is 2.36. The number of piperazine rings is 1. The van der Waals surface area contributed by atoms with Crippen molar-refractivity contribution in [2.75, 3.05) is 38.5 Å². The molecule has 0 bridgehead atoms. The zero-order chi connectivity index (χ0) is 33.7. The first-order chi connectivity index (χ1) is 22.5. The molecule has 0 unspecified atom stereocenters. The first-order valence-electron chi connectivity index (χ1n) is 17.2. The molecule has 12 heteroatoms. The number of carbonyl (C=O) groups excluding carboxylic acids is 4. The van der Waals surface area contributed by atoms with Crippen LogP contribution in [0.5, 0.6) is 0 Å². The Balaban J connectivity index is 1.31. The third kappa shape index (κ3) is 8.77. The van der Waals surface area contributed by atoms with Crippen molar-refractivity contribution >= 4 is 29.3 Å². The van der Waals surface area contributed by atoms with E-state index in [0.717, 1.165) is 51.6 Å². The highest BCUT2D eigenvalue weighted by molar-refractivity contribution is 6.00. The van der Waals surface area contributed by atoms with Crippen molar-refractivity contribution in [2.24, 2.45) is 17.8 Å². The van der Waals surface area contributed by atoms with Crippen molar-refractivity contribution in [1.29, 1.82) is 0 Å². The van der Waals surface area contributed by atoms with Gasteiger partial charge in [0, 0.05) is 63.2 Å². The number of hydrogen-bond acceptors (Lipinski definition) is 6. The molecule has 3 N–H and O–H groups in total. The van der Waals surface area contributed by atoms with E-state index in [9.17, 15) is 19.2 Å². The molecule has 0 spiro atoms. The Labute approximate surface area is 277 Å². The summed E-state index contributed by atoms with van der Waals surface area (Å²) in [6, 6.07) is 5.02. The van der Waals surface area contributed by atoms with Crippen LogP contribution in [0, 0.1) is 23.6 Å². The third-order valence-electron chi connectivity index (χ3n) is 10.2. The van der Waals surface area contributed by atoms with Crippen LogP contribution in [0.1, 0.15) is 87.7 Å². The second kappa shape index (κ2) is 15.4. The van der Waals surface area contributed by atoms with Crippen molar-refractivity contribution in [3.05, 3.63) is 47.5 Å². The summed E-state index contributed by atoms with van der Waals surface area (Å²) in [5.74, 6) is -1.92. The number of benzene rings is 1. The van der Waals surface area contributed by atoms with Gasteiger partial charge < -0.3 is 25.8 Å². The summed E-state index contributed by atoms with van der Waals surface area (Å²) in [5.41, 5.74) is 1.02. The predicted molar refractivity (Wildman–Crippen MR) is 177 cm³/mol. The number of carbonyl (C=O) groups is 4. The Morgan fingerprint density at radius 2 is 1.70 bits per heavy atom. The van der Waals surface area contributed by atoms with Crippen molar-refractivity contribution in [1.82, 2.24) is 30.2 Å². The van der Waals surface area contributed by atoms with Gasteiger partial charge in [0.05, 0.1) is 5.69 Å². The lowest BCUT2D eigenvalue weighted by atomic mass is 9.74. The Hall–Kier alpha value is -3.80. The summed E-state index contributed by atoms with van der Waals surface area (Å²) in [7, 11) is 2.00. The lowest BCUT2D eigenvalue weighted by molar-refractivity contribution is -0.135. The lowest BCUT2D eigenvalue weighted by Gasteiger charge is -2.36. The van der Waals surface area contributed by atoms with E-state index in [1.807, 2.05) is 14.0 Å². The quantitative estimate of drug-likeness (QED) is 0.292. The van der Waals surface area contributed by atoms with Gasteiger partial charge in [-0.05, 0) is 75.3 Å². The molecule has 0 radical (unpaired) electrons. The van der Waals surface area contributed by atoms with Crippen molar-refractivity contribution in [2.45, 2.75) is 90.3 Å². The van der Waals surface area contributed by atoms with Crippen LogP contribution in [-0.2, 0) is 16.1 Å². The molecule has 3 fully saturated rings. The number of halogens is 1. The normalized spacial score (nSPS) is 22.2. The van der Waals surface area contributed by atoms with Gasteiger partial charge in [-0.15, -0.1) is 0 Å². The van der Waals surface area contributed by atoms with E-state index >= 15 is 4.39 Å². The zero-order valence-electron chi connectivity index (χ0n) is 28.1. The van der Waals surface area contributed by atoms with Crippen molar-refractivity contribution < 1.29 is 23.6 Å². The van der Waals surface area contributed by atoms with E-state index in [-0.39, 0.29) is 41.7 Å². The predicted octanol–water partition coefficient (Wildman–Crippen LogP) is 4.40. The van der Waals surface area contributed by atoms with E-state index < -0.39 is 29.7 Å². The number of Topliss-reactive ketones (excluding diaryl/α,β-unsaturated/α-hetero) is 1. The molecule has 5 rings (SSSR count). The first kappa shape index (κ1) is 34.5. The molecule has 256 valence electrons. The largest absolute Gasteiger partial charge is 0.338 e. The minimum absolute atomic E-state index is 0.0182. The molecule has 4 amide bonds. The maximum absolute atomic E-state index is 15.7.